The first-order valence-corrected chi connectivity index (χ1v) is 8.53. The number of hydrogen-bond donors (Lipinski definition) is 1. The molecule has 1 aromatic heterocycles. The molecule has 3 rings (SSSR count). The maximum atomic E-state index is 12.1. The van der Waals surface area contributed by atoms with Crippen LogP contribution in [0.1, 0.15) is 12.3 Å². The van der Waals surface area contributed by atoms with Crippen molar-refractivity contribution in [1.29, 1.82) is 0 Å². The second kappa shape index (κ2) is 8.35. The van der Waals surface area contributed by atoms with Gasteiger partial charge in [-0.1, -0.05) is 23.7 Å². The predicted molar refractivity (Wildman–Crippen MR) is 97.0 cm³/mol. The average Bonchev–Trinajstić information content (AvgIpc) is 3.10. The number of rotatable bonds is 6. The summed E-state index contributed by atoms with van der Waals surface area (Å²) in [4.78, 5) is 16.1. The number of oxazole rings is 1. The van der Waals surface area contributed by atoms with Crippen LogP contribution < -0.4 is 10.1 Å². The summed E-state index contributed by atoms with van der Waals surface area (Å²) in [5, 5.41) is 3.11. The van der Waals surface area contributed by atoms with Crippen molar-refractivity contribution in [3.05, 3.63) is 65.6 Å². The van der Waals surface area contributed by atoms with Crippen LogP contribution in [0.4, 0.5) is 18.9 Å². The quantitative estimate of drug-likeness (QED) is 0.585. The van der Waals surface area contributed by atoms with E-state index in [1.165, 1.54) is 18.3 Å². The van der Waals surface area contributed by atoms with Crippen molar-refractivity contribution < 1.29 is 27.1 Å². The first kappa shape index (κ1) is 19.8. The molecule has 0 unspecified atom stereocenters. The topological polar surface area (TPSA) is 64.4 Å². The van der Waals surface area contributed by atoms with Gasteiger partial charge in [0.15, 0.2) is 11.7 Å². The maximum absolute atomic E-state index is 12.1. The minimum absolute atomic E-state index is 0.0866. The van der Waals surface area contributed by atoms with Gasteiger partial charge in [-0.2, -0.15) is 0 Å². The smallest absolute Gasteiger partial charge is 0.441 e. The Morgan fingerprint density at radius 1 is 1.14 bits per heavy atom. The molecule has 0 aliphatic carbocycles. The number of aromatic nitrogens is 1. The number of benzene rings is 2. The van der Waals surface area contributed by atoms with Gasteiger partial charge in [-0.3, -0.25) is 4.79 Å². The van der Waals surface area contributed by atoms with Crippen molar-refractivity contribution in [2.24, 2.45) is 0 Å². The van der Waals surface area contributed by atoms with E-state index in [-0.39, 0.29) is 24.5 Å². The molecule has 0 saturated heterocycles. The third kappa shape index (κ3) is 5.50. The average molecular weight is 411 g/mol. The lowest BCUT2D eigenvalue weighted by Crippen LogP contribution is -2.17. The summed E-state index contributed by atoms with van der Waals surface area (Å²) < 4.78 is 45.8. The molecule has 0 radical (unpaired) electrons. The van der Waals surface area contributed by atoms with Crippen LogP contribution in [0.25, 0.3) is 11.3 Å². The van der Waals surface area contributed by atoms with Crippen molar-refractivity contribution in [2.75, 3.05) is 5.32 Å². The highest BCUT2D eigenvalue weighted by Gasteiger charge is 2.30. The summed E-state index contributed by atoms with van der Waals surface area (Å²) in [6, 6.07) is 12.0. The number of anilines is 1. The van der Waals surface area contributed by atoms with Gasteiger partial charge < -0.3 is 14.5 Å². The van der Waals surface area contributed by atoms with Crippen LogP contribution in [0.2, 0.25) is 5.02 Å². The van der Waals surface area contributed by atoms with Gasteiger partial charge in [-0.15, -0.1) is 13.2 Å². The molecule has 0 bridgehead atoms. The van der Waals surface area contributed by atoms with Gasteiger partial charge in [0.1, 0.15) is 5.75 Å². The fourth-order valence-electron chi connectivity index (χ4n) is 2.40. The lowest BCUT2D eigenvalue weighted by atomic mass is 10.2. The van der Waals surface area contributed by atoms with Crippen molar-refractivity contribution >= 4 is 23.2 Å². The van der Waals surface area contributed by atoms with Crippen LogP contribution in [0.3, 0.4) is 0 Å². The molecule has 5 nitrogen and oxygen atoms in total. The van der Waals surface area contributed by atoms with E-state index in [0.29, 0.717) is 27.9 Å². The van der Waals surface area contributed by atoms with Gasteiger partial charge in [0.05, 0.1) is 11.2 Å². The zero-order valence-electron chi connectivity index (χ0n) is 14.3. The van der Waals surface area contributed by atoms with E-state index in [4.69, 9.17) is 16.0 Å². The standard InChI is InChI=1S/C19H14ClF3N2O3/c20-15-4-2-1-3-14(15)16-11-24-18(27-16)10-9-17(26)25-12-5-7-13(8-6-12)28-19(21,22)23/h1-8,11H,9-10H2,(H,25,26). The summed E-state index contributed by atoms with van der Waals surface area (Å²) in [6.45, 7) is 0. The molecule has 1 heterocycles. The van der Waals surface area contributed by atoms with E-state index in [9.17, 15) is 18.0 Å². The molecule has 0 saturated carbocycles. The van der Waals surface area contributed by atoms with Gasteiger partial charge in [0.2, 0.25) is 5.91 Å². The number of nitrogens with one attached hydrogen (secondary N) is 1. The van der Waals surface area contributed by atoms with Crippen molar-refractivity contribution in [1.82, 2.24) is 4.98 Å². The largest absolute Gasteiger partial charge is 0.573 e. The minimum Gasteiger partial charge on any atom is -0.441 e. The second-order valence-corrected chi connectivity index (χ2v) is 6.13. The third-order valence-corrected chi connectivity index (χ3v) is 3.96. The Balaban J connectivity index is 1.53. The summed E-state index contributed by atoms with van der Waals surface area (Å²) >= 11 is 6.11. The van der Waals surface area contributed by atoms with E-state index < -0.39 is 6.36 Å². The molecule has 9 heteroatoms. The molecule has 146 valence electrons. The summed E-state index contributed by atoms with van der Waals surface area (Å²) in [5.74, 6) is 0.180. The molecular weight excluding hydrogens is 397 g/mol. The van der Waals surface area contributed by atoms with E-state index in [0.717, 1.165) is 12.1 Å². The molecule has 0 aliphatic heterocycles. The van der Waals surface area contributed by atoms with E-state index in [1.807, 2.05) is 6.07 Å². The number of amides is 1. The third-order valence-electron chi connectivity index (χ3n) is 3.63. The number of halogens is 4. The Hall–Kier alpha value is -3.00. The number of ether oxygens (including phenoxy) is 1. The van der Waals surface area contributed by atoms with E-state index in [2.05, 4.69) is 15.0 Å². The molecule has 2 aromatic carbocycles. The molecule has 1 N–H and O–H groups in total. The van der Waals surface area contributed by atoms with Crippen molar-refractivity contribution in [3.63, 3.8) is 0 Å². The molecule has 0 atom stereocenters. The van der Waals surface area contributed by atoms with Gasteiger partial charge in [-0.25, -0.2) is 4.98 Å². The number of aryl methyl sites for hydroxylation is 1. The van der Waals surface area contributed by atoms with Gasteiger partial charge in [0, 0.05) is 24.1 Å². The Bertz CT molecular complexity index is 956. The van der Waals surface area contributed by atoms with Crippen molar-refractivity contribution in [3.8, 4) is 17.1 Å². The van der Waals surface area contributed by atoms with Gasteiger partial charge in [0.25, 0.3) is 0 Å². The van der Waals surface area contributed by atoms with Crippen LogP contribution in [0, 0.1) is 0 Å². The first-order valence-electron chi connectivity index (χ1n) is 8.15. The normalized spacial score (nSPS) is 11.3. The van der Waals surface area contributed by atoms with Crippen LogP contribution in [-0.4, -0.2) is 17.3 Å². The number of hydrogen-bond acceptors (Lipinski definition) is 4. The Morgan fingerprint density at radius 2 is 1.86 bits per heavy atom. The zero-order valence-corrected chi connectivity index (χ0v) is 15.1. The molecule has 0 aliphatic rings. The number of carbonyl (C=O) groups is 1. The monoisotopic (exact) mass is 410 g/mol. The molecule has 1 amide bonds. The van der Waals surface area contributed by atoms with Crippen LogP contribution in [0.15, 0.2) is 59.1 Å². The summed E-state index contributed by atoms with van der Waals surface area (Å²) in [6.07, 6.45) is -2.88. The van der Waals surface area contributed by atoms with Crippen molar-refractivity contribution in [2.45, 2.75) is 19.2 Å². The lowest BCUT2D eigenvalue weighted by molar-refractivity contribution is -0.274. The highest BCUT2D eigenvalue weighted by molar-refractivity contribution is 6.33. The van der Waals surface area contributed by atoms with Crippen LogP contribution in [-0.2, 0) is 11.2 Å². The van der Waals surface area contributed by atoms with E-state index >= 15 is 0 Å². The first-order chi connectivity index (χ1) is 13.3. The Labute approximate surface area is 163 Å². The minimum atomic E-state index is -4.76. The fourth-order valence-corrected chi connectivity index (χ4v) is 2.62. The van der Waals surface area contributed by atoms with Gasteiger partial charge in [-0.05, 0) is 36.4 Å². The molecule has 0 spiro atoms. The molecule has 3 aromatic rings. The number of carbonyl (C=O) groups excluding carboxylic acids is 1. The van der Waals surface area contributed by atoms with Crippen LogP contribution >= 0.6 is 11.6 Å². The molecule has 0 fully saturated rings. The van der Waals surface area contributed by atoms with Crippen LogP contribution in [0.5, 0.6) is 5.75 Å². The highest BCUT2D eigenvalue weighted by Crippen LogP contribution is 2.28. The maximum Gasteiger partial charge on any atom is 0.573 e. The highest BCUT2D eigenvalue weighted by atomic mass is 35.5. The molecule has 28 heavy (non-hydrogen) atoms. The summed E-state index contributed by atoms with van der Waals surface area (Å²) in [7, 11) is 0. The Morgan fingerprint density at radius 3 is 2.54 bits per heavy atom. The lowest BCUT2D eigenvalue weighted by Gasteiger charge is -2.09. The van der Waals surface area contributed by atoms with Gasteiger partial charge >= 0.3 is 6.36 Å². The fraction of sp³-hybridized carbons (Fsp3) is 0.158. The number of nitrogens with zero attached hydrogens (tertiary/aromatic N) is 1. The predicted octanol–water partition coefficient (Wildman–Crippen LogP) is 5.46. The number of alkyl halides is 3. The summed E-state index contributed by atoms with van der Waals surface area (Å²) in [5.41, 5.74) is 1.05. The molecular formula is C19H14ClF3N2O3. The second-order valence-electron chi connectivity index (χ2n) is 5.72. The zero-order chi connectivity index (χ0) is 20.1. The van der Waals surface area contributed by atoms with E-state index in [1.54, 1.807) is 18.2 Å². The Kier molecular flexibility index (Phi) is 5.89. The SMILES string of the molecule is O=C(CCc1ncc(-c2ccccc2Cl)o1)Nc1ccc(OC(F)(F)F)cc1.